The molecule has 0 aliphatic carbocycles. The van der Waals surface area contributed by atoms with Gasteiger partial charge in [-0.25, -0.2) is 9.78 Å². The molecule has 0 aliphatic heterocycles. The molecular weight excluding hydrogens is 308 g/mol. The van der Waals surface area contributed by atoms with Crippen molar-refractivity contribution >= 4 is 34.6 Å². The minimum absolute atomic E-state index is 0.0944. The van der Waals surface area contributed by atoms with Crippen molar-refractivity contribution < 1.29 is 14.7 Å². The Labute approximate surface area is 130 Å². The zero-order chi connectivity index (χ0) is 15.4. The Balaban J connectivity index is 1.98. The molecule has 0 aromatic carbocycles. The number of rotatable bonds is 6. The maximum atomic E-state index is 11.9. The number of thiazole rings is 1. The topological polar surface area (TPSA) is 79.3 Å². The minimum atomic E-state index is -1.02. The second kappa shape index (κ2) is 6.82. The molecule has 0 saturated heterocycles. The van der Waals surface area contributed by atoms with Gasteiger partial charge in [-0.3, -0.25) is 4.79 Å². The number of aromatic nitrogens is 1. The van der Waals surface area contributed by atoms with Gasteiger partial charge in [0.05, 0.1) is 12.1 Å². The van der Waals surface area contributed by atoms with Crippen LogP contribution in [0.5, 0.6) is 0 Å². The summed E-state index contributed by atoms with van der Waals surface area (Å²) in [6.45, 7) is 3.52. The van der Waals surface area contributed by atoms with Gasteiger partial charge in [0.25, 0.3) is 0 Å². The van der Waals surface area contributed by atoms with Gasteiger partial charge in [-0.1, -0.05) is 13.8 Å². The van der Waals surface area contributed by atoms with Crippen molar-refractivity contribution in [2.24, 2.45) is 5.92 Å². The Hall–Kier alpha value is -1.73. The first-order valence-electron chi connectivity index (χ1n) is 6.46. The fourth-order valence-electron chi connectivity index (χ4n) is 1.81. The predicted octanol–water partition coefficient (Wildman–Crippen LogP) is 2.64. The van der Waals surface area contributed by atoms with E-state index >= 15 is 0 Å². The first kappa shape index (κ1) is 15.7. The molecule has 112 valence electrons. The third-order valence-electron chi connectivity index (χ3n) is 2.91. The van der Waals surface area contributed by atoms with Crippen molar-refractivity contribution in [1.82, 2.24) is 10.3 Å². The van der Waals surface area contributed by atoms with Crippen molar-refractivity contribution in [3.63, 3.8) is 0 Å². The van der Waals surface area contributed by atoms with Crippen LogP contribution in [0.15, 0.2) is 22.2 Å². The van der Waals surface area contributed by atoms with Gasteiger partial charge in [0.15, 0.2) is 0 Å². The van der Waals surface area contributed by atoms with Crippen molar-refractivity contribution in [3.05, 3.63) is 27.9 Å². The maximum absolute atomic E-state index is 11.9. The van der Waals surface area contributed by atoms with Gasteiger partial charge < -0.3 is 10.4 Å². The smallest absolute Gasteiger partial charge is 0.326 e. The molecule has 0 unspecified atom stereocenters. The molecule has 5 nitrogen and oxygen atoms in total. The molecular formula is C14H16N2O3S2. The summed E-state index contributed by atoms with van der Waals surface area (Å²) in [6, 6.07) is 1.11. The Morgan fingerprint density at radius 1 is 1.38 bits per heavy atom. The summed E-state index contributed by atoms with van der Waals surface area (Å²) in [5, 5.41) is 18.3. The first-order chi connectivity index (χ1) is 9.97. The predicted molar refractivity (Wildman–Crippen MR) is 83.5 cm³/mol. The van der Waals surface area contributed by atoms with Crippen LogP contribution in [0.2, 0.25) is 0 Å². The molecule has 1 amide bonds. The van der Waals surface area contributed by atoms with Crippen LogP contribution >= 0.6 is 22.7 Å². The molecule has 2 aromatic heterocycles. The highest BCUT2D eigenvalue weighted by Crippen LogP contribution is 2.25. The van der Waals surface area contributed by atoms with Crippen LogP contribution in [0.4, 0.5) is 0 Å². The number of nitrogens with one attached hydrogen (secondary N) is 1. The molecule has 0 bridgehead atoms. The fraction of sp³-hybridized carbons (Fsp3) is 0.357. The van der Waals surface area contributed by atoms with Crippen molar-refractivity contribution in [2.45, 2.75) is 26.3 Å². The number of thiophene rings is 1. The summed E-state index contributed by atoms with van der Waals surface area (Å²) in [4.78, 5) is 27.4. The van der Waals surface area contributed by atoms with Crippen LogP contribution < -0.4 is 5.32 Å². The normalized spacial score (nSPS) is 12.3. The number of hydrogen-bond acceptors (Lipinski definition) is 5. The molecule has 1 atom stereocenters. The second-order valence-corrected chi connectivity index (χ2v) is 6.60. The number of carbonyl (C=O) groups excluding carboxylic acids is 1. The molecule has 2 rings (SSSR count). The molecule has 0 radical (unpaired) electrons. The fourth-order valence-corrected chi connectivity index (χ4v) is 3.34. The number of carboxylic acid groups (broad SMARTS) is 1. The zero-order valence-corrected chi connectivity index (χ0v) is 13.3. The van der Waals surface area contributed by atoms with Gasteiger partial charge in [-0.15, -0.1) is 11.3 Å². The number of amides is 1. The summed E-state index contributed by atoms with van der Waals surface area (Å²) in [7, 11) is 0. The summed E-state index contributed by atoms with van der Waals surface area (Å²) >= 11 is 3.07. The minimum Gasteiger partial charge on any atom is -0.480 e. The van der Waals surface area contributed by atoms with Crippen LogP contribution in [0.3, 0.4) is 0 Å². The number of carbonyl (C=O) groups is 2. The van der Waals surface area contributed by atoms with E-state index in [0.717, 1.165) is 10.6 Å². The number of carboxylic acids is 1. The van der Waals surface area contributed by atoms with Gasteiger partial charge in [0.2, 0.25) is 5.91 Å². The average Bonchev–Trinajstić information content (AvgIpc) is 3.05. The lowest BCUT2D eigenvalue weighted by molar-refractivity contribution is -0.143. The summed E-state index contributed by atoms with van der Waals surface area (Å²) in [5.74, 6) is -1.50. The van der Waals surface area contributed by atoms with E-state index in [0.29, 0.717) is 5.69 Å². The Kier molecular flexibility index (Phi) is 5.08. The third kappa shape index (κ3) is 4.12. The van der Waals surface area contributed by atoms with E-state index in [1.807, 2.05) is 22.2 Å². The maximum Gasteiger partial charge on any atom is 0.326 e. The van der Waals surface area contributed by atoms with Gasteiger partial charge in [0, 0.05) is 16.3 Å². The van der Waals surface area contributed by atoms with Gasteiger partial charge in [0.1, 0.15) is 11.0 Å². The van der Waals surface area contributed by atoms with Gasteiger partial charge >= 0.3 is 5.97 Å². The van der Waals surface area contributed by atoms with Crippen LogP contribution in [0.25, 0.3) is 10.6 Å². The van der Waals surface area contributed by atoms with Crippen LogP contribution in [0.1, 0.15) is 19.5 Å². The largest absolute Gasteiger partial charge is 0.480 e. The number of hydrogen-bond donors (Lipinski definition) is 2. The van der Waals surface area contributed by atoms with E-state index in [-0.39, 0.29) is 18.2 Å². The highest BCUT2D eigenvalue weighted by Gasteiger charge is 2.23. The van der Waals surface area contributed by atoms with Crippen LogP contribution in [-0.2, 0) is 16.0 Å². The molecule has 0 saturated carbocycles. The van der Waals surface area contributed by atoms with E-state index in [1.165, 1.54) is 11.3 Å². The van der Waals surface area contributed by atoms with Gasteiger partial charge in [-0.05, 0) is 17.4 Å². The summed E-state index contributed by atoms with van der Waals surface area (Å²) < 4.78 is 0. The molecule has 2 N–H and O–H groups in total. The van der Waals surface area contributed by atoms with Crippen molar-refractivity contribution in [2.75, 3.05) is 0 Å². The van der Waals surface area contributed by atoms with E-state index in [9.17, 15) is 9.59 Å². The average molecular weight is 324 g/mol. The Morgan fingerprint density at radius 2 is 2.14 bits per heavy atom. The molecule has 7 heteroatoms. The molecule has 0 spiro atoms. The lowest BCUT2D eigenvalue weighted by atomic mass is 10.0. The molecule has 21 heavy (non-hydrogen) atoms. The molecule has 2 heterocycles. The first-order valence-corrected chi connectivity index (χ1v) is 8.28. The molecule has 0 aliphatic rings. The number of aliphatic carboxylic acids is 1. The highest BCUT2D eigenvalue weighted by molar-refractivity contribution is 7.14. The highest BCUT2D eigenvalue weighted by atomic mass is 32.1. The standard InChI is InChI=1S/C14H16N2O3S2/c1-8(2)12(14(18)19)16-11(17)5-10-7-21-13(15-10)9-3-4-20-6-9/h3-4,6-8,12H,5H2,1-2H3,(H,16,17)(H,18,19)/t12-/m1/s1. The number of nitrogens with zero attached hydrogens (tertiary/aromatic N) is 1. The monoisotopic (exact) mass is 324 g/mol. The summed E-state index contributed by atoms with van der Waals surface area (Å²) in [5.41, 5.74) is 1.70. The van der Waals surface area contributed by atoms with E-state index in [2.05, 4.69) is 10.3 Å². The Bertz CT molecular complexity index is 620. The molecule has 2 aromatic rings. The zero-order valence-electron chi connectivity index (χ0n) is 11.7. The van der Waals surface area contributed by atoms with E-state index in [4.69, 9.17) is 5.11 Å². The van der Waals surface area contributed by atoms with Gasteiger partial charge in [-0.2, -0.15) is 11.3 Å². The molecule has 0 fully saturated rings. The third-order valence-corrected chi connectivity index (χ3v) is 4.53. The van der Waals surface area contributed by atoms with Crippen LogP contribution in [0, 0.1) is 5.92 Å². The van der Waals surface area contributed by atoms with E-state index < -0.39 is 12.0 Å². The summed E-state index contributed by atoms with van der Waals surface area (Å²) in [6.07, 6.45) is 0.0944. The lowest BCUT2D eigenvalue weighted by Crippen LogP contribution is -2.44. The van der Waals surface area contributed by atoms with Crippen molar-refractivity contribution in [3.8, 4) is 10.6 Å². The Morgan fingerprint density at radius 3 is 2.71 bits per heavy atom. The van der Waals surface area contributed by atoms with Crippen molar-refractivity contribution in [1.29, 1.82) is 0 Å². The second-order valence-electron chi connectivity index (χ2n) is 4.96. The van der Waals surface area contributed by atoms with E-state index in [1.54, 1.807) is 25.2 Å². The quantitative estimate of drug-likeness (QED) is 0.856. The SMILES string of the molecule is CC(C)[C@@H](NC(=O)Cc1csc(-c2ccsc2)n1)C(=O)O. The lowest BCUT2D eigenvalue weighted by Gasteiger charge is -2.17. The van der Waals surface area contributed by atoms with Crippen LogP contribution in [-0.4, -0.2) is 28.0 Å².